The summed E-state index contributed by atoms with van der Waals surface area (Å²) in [5.41, 5.74) is 0. The van der Waals surface area contributed by atoms with Crippen molar-refractivity contribution in [3.8, 4) is 0 Å². The van der Waals surface area contributed by atoms with Crippen LogP contribution in [-0.4, -0.2) is 36.0 Å². The average Bonchev–Trinajstić information content (AvgIpc) is 2.28. The fraction of sp³-hybridized carbons (Fsp3) is 0.929. The monoisotopic (exact) mass is 238 g/mol. The molecular weight excluding hydrogens is 212 g/mol. The molecule has 2 unspecified atom stereocenters. The van der Waals surface area contributed by atoms with Gasteiger partial charge >= 0.3 is 0 Å². The molecular formula is C14H26N2O. The maximum absolute atomic E-state index is 12.4. The average molecular weight is 238 g/mol. The number of hydrogen-bond donors (Lipinski definition) is 1. The van der Waals surface area contributed by atoms with Crippen LogP contribution in [0.5, 0.6) is 0 Å². The summed E-state index contributed by atoms with van der Waals surface area (Å²) in [5, 5.41) is 3.46. The molecule has 0 aromatic heterocycles. The maximum Gasteiger partial charge on any atom is 0.239 e. The highest BCUT2D eigenvalue weighted by Gasteiger charge is 2.27. The van der Waals surface area contributed by atoms with Crippen molar-refractivity contribution in [1.82, 2.24) is 10.2 Å². The van der Waals surface area contributed by atoms with E-state index >= 15 is 0 Å². The van der Waals surface area contributed by atoms with Crippen molar-refractivity contribution in [1.29, 1.82) is 0 Å². The minimum atomic E-state index is 0.0955. The zero-order chi connectivity index (χ0) is 12.1. The summed E-state index contributed by atoms with van der Waals surface area (Å²) in [4.78, 5) is 14.5. The quantitative estimate of drug-likeness (QED) is 0.760. The molecule has 2 fully saturated rings. The van der Waals surface area contributed by atoms with Crippen LogP contribution in [0, 0.1) is 0 Å². The molecule has 0 spiro atoms. The van der Waals surface area contributed by atoms with Crippen LogP contribution in [-0.2, 0) is 4.79 Å². The van der Waals surface area contributed by atoms with E-state index in [4.69, 9.17) is 0 Å². The van der Waals surface area contributed by atoms with E-state index in [1.807, 2.05) is 0 Å². The van der Waals surface area contributed by atoms with Crippen LogP contribution >= 0.6 is 0 Å². The second kappa shape index (κ2) is 6.39. The predicted molar refractivity (Wildman–Crippen MR) is 69.9 cm³/mol. The van der Waals surface area contributed by atoms with E-state index in [-0.39, 0.29) is 6.04 Å². The molecule has 0 radical (unpaired) electrons. The van der Waals surface area contributed by atoms with Crippen LogP contribution in [0.4, 0.5) is 0 Å². The summed E-state index contributed by atoms with van der Waals surface area (Å²) in [6, 6.07) is 0.602. The zero-order valence-corrected chi connectivity index (χ0v) is 11.1. The lowest BCUT2D eigenvalue weighted by Gasteiger charge is -2.33. The molecule has 2 heterocycles. The van der Waals surface area contributed by atoms with Crippen molar-refractivity contribution in [3.05, 3.63) is 0 Å². The SMILES string of the molecule is CC1CCCC(C(=O)N2CCCCCCC2)N1. The van der Waals surface area contributed by atoms with Crippen molar-refractivity contribution >= 4 is 5.91 Å². The maximum atomic E-state index is 12.4. The molecule has 2 saturated heterocycles. The Morgan fingerprint density at radius 1 is 1.00 bits per heavy atom. The Labute approximate surface area is 105 Å². The zero-order valence-electron chi connectivity index (χ0n) is 11.1. The van der Waals surface area contributed by atoms with E-state index in [1.165, 1.54) is 44.9 Å². The van der Waals surface area contributed by atoms with Gasteiger partial charge in [0.05, 0.1) is 6.04 Å². The van der Waals surface area contributed by atoms with Gasteiger partial charge < -0.3 is 10.2 Å². The van der Waals surface area contributed by atoms with Crippen LogP contribution in [0.25, 0.3) is 0 Å². The van der Waals surface area contributed by atoms with Gasteiger partial charge in [-0.15, -0.1) is 0 Å². The molecule has 17 heavy (non-hydrogen) atoms. The Morgan fingerprint density at radius 3 is 2.29 bits per heavy atom. The van der Waals surface area contributed by atoms with Crippen LogP contribution in [0.1, 0.15) is 58.3 Å². The molecule has 0 aromatic rings. The van der Waals surface area contributed by atoms with Crippen molar-refractivity contribution in [2.24, 2.45) is 0 Å². The highest BCUT2D eigenvalue weighted by Crippen LogP contribution is 2.17. The summed E-state index contributed by atoms with van der Waals surface area (Å²) in [5.74, 6) is 0.360. The number of carbonyl (C=O) groups excluding carboxylic acids is 1. The number of amides is 1. The Kier molecular flexibility index (Phi) is 4.84. The van der Waals surface area contributed by atoms with E-state index in [9.17, 15) is 4.79 Å². The third-order valence-electron chi connectivity index (χ3n) is 4.08. The van der Waals surface area contributed by atoms with E-state index in [0.29, 0.717) is 11.9 Å². The van der Waals surface area contributed by atoms with Crippen LogP contribution in [0.3, 0.4) is 0 Å². The molecule has 98 valence electrons. The summed E-state index contributed by atoms with van der Waals surface area (Å²) < 4.78 is 0. The lowest BCUT2D eigenvalue weighted by atomic mass is 9.98. The first-order chi connectivity index (χ1) is 8.27. The molecule has 1 amide bonds. The van der Waals surface area contributed by atoms with Crippen molar-refractivity contribution in [2.45, 2.75) is 70.4 Å². The summed E-state index contributed by atoms with van der Waals surface area (Å²) in [7, 11) is 0. The van der Waals surface area contributed by atoms with Crippen molar-refractivity contribution < 1.29 is 4.79 Å². The first-order valence-electron chi connectivity index (χ1n) is 7.32. The number of rotatable bonds is 1. The number of carbonyl (C=O) groups is 1. The third kappa shape index (κ3) is 3.70. The number of hydrogen-bond acceptors (Lipinski definition) is 2. The van der Waals surface area contributed by atoms with E-state index in [1.54, 1.807) is 0 Å². The molecule has 2 atom stereocenters. The summed E-state index contributed by atoms with van der Waals surface area (Å²) in [6.07, 6.45) is 9.74. The van der Waals surface area contributed by atoms with Gasteiger partial charge in [0.15, 0.2) is 0 Å². The lowest BCUT2D eigenvalue weighted by molar-refractivity contribution is -0.134. The van der Waals surface area contributed by atoms with E-state index < -0.39 is 0 Å². The normalized spacial score (nSPS) is 31.7. The fourth-order valence-corrected chi connectivity index (χ4v) is 3.02. The van der Waals surface area contributed by atoms with Gasteiger partial charge in [0.1, 0.15) is 0 Å². The molecule has 2 rings (SSSR count). The van der Waals surface area contributed by atoms with Gasteiger partial charge in [-0.3, -0.25) is 4.79 Å². The van der Waals surface area contributed by atoms with Crippen molar-refractivity contribution in [2.75, 3.05) is 13.1 Å². The van der Waals surface area contributed by atoms with Crippen molar-refractivity contribution in [3.63, 3.8) is 0 Å². The third-order valence-corrected chi connectivity index (χ3v) is 4.08. The number of likely N-dealkylation sites (tertiary alicyclic amines) is 1. The Balaban J connectivity index is 1.87. The van der Waals surface area contributed by atoms with Gasteiger partial charge in [0.2, 0.25) is 5.91 Å². The lowest BCUT2D eigenvalue weighted by Crippen LogP contribution is -2.52. The van der Waals surface area contributed by atoms with Crippen LogP contribution in [0.2, 0.25) is 0 Å². The number of nitrogens with one attached hydrogen (secondary N) is 1. The molecule has 0 aromatic carbocycles. The van der Waals surface area contributed by atoms with Gasteiger partial charge in [-0.25, -0.2) is 0 Å². The Hall–Kier alpha value is -0.570. The predicted octanol–water partition coefficient (Wildman–Crippen LogP) is 2.31. The van der Waals surface area contributed by atoms with Gasteiger partial charge in [0.25, 0.3) is 0 Å². The smallest absolute Gasteiger partial charge is 0.239 e. The standard InChI is InChI=1S/C14H26N2O/c1-12-8-7-9-13(15-12)14(17)16-10-5-3-2-4-6-11-16/h12-13,15H,2-11H2,1H3. The molecule has 3 nitrogen and oxygen atoms in total. The van der Waals surface area contributed by atoms with Gasteiger partial charge in [0, 0.05) is 19.1 Å². The molecule has 2 aliphatic heterocycles. The first kappa shape index (κ1) is 12.9. The topological polar surface area (TPSA) is 32.3 Å². The molecule has 3 heteroatoms. The largest absolute Gasteiger partial charge is 0.341 e. The minimum absolute atomic E-state index is 0.0955. The minimum Gasteiger partial charge on any atom is -0.341 e. The second-order valence-corrected chi connectivity index (χ2v) is 5.64. The van der Waals surface area contributed by atoms with Crippen LogP contribution in [0.15, 0.2) is 0 Å². The second-order valence-electron chi connectivity index (χ2n) is 5.64. The molecule has 0 bridgehead atoms. The van der Waals surface area contributed by atoms with Crippen LogP contribution < -0.4 is 5.32 Å². The Morgan fingerprint density at radius 2 is 1.65 bits per heavy atom. The highest BCUT2D eigenvalue weighted by atomic mass is 16.2. The highest BCUT2D eigenvalue weighted by molar-refractivity contribution is 5.82. The summed E-state index contributed by atoms with van der Waals surface area (Å²) >= 11 is 0. The number of piperidine rings is 1. The molecule has 0 aliphatic carbocycles. The van der Waals surface area contributed by atoms with Gasteiger partial charge in [-0.1, -0.05) is 19.3 Å². The summed E-state index contributed by atoms with van der Waals surface area (Å²) in [6.45, 7) is 4.14. The molecule has 2 aliphatic rings. The number of nitrogens with zero attached hydrogens (tertiary/aromatic N) is 1. The molecule has 0 saturated carbocycles. The fourth-order valence-electron chi connectivity index (χ4n) is 3.02. The molecule has 1 N–H and O–H groups in total. The first-order valence-corrected chi connectivity index (χ1v) is 7.32. The van der Waals surface area contributed by atoms with Gasteiger partial charge in [-0.2, -0.15) is 0 Å². The van der Waals surface area contributed by atoms with Gasteiger partial charge in [-0.05, 0) is 39.0 Å². The van der Waals surface area contributed by atoms with E-state index in [0.717, 1.165) is 19.5 Å². The Bertz CT molecular complexity index is 247. The van der Waals surface area contributed by atoms with E-state index in [2.05, 4.69) is 17.1 Å².